The molecule has 0 atom stereocenters. The van der Waals surface area contributed by atoms with Crippen LogP contribution in [0.4, 0.5) is 8.78 Å². The van der Waals surface area contributed by atoms with Crippen LogP contribution in [0.1, 0.15) is 35.9 Å². The molecule has 0 aliphatic heterocycles. The fourth-order valence-electron chi connectivity index (χ4n) is 4.10. The number of rotatable bonds is 5. The highest BCUT2D eigenvalue weighted by Crippen LogP contribution is 2.37. The summed E-state index contributed by atoms with van der Waals surface area (Å²) in [6.07, 6.45) is 3.86. The van der Waals surface area contributed by atoms with Gasteiger partial charge in [-0.05, 0) is 62.2 Å². The molecule has 148 valence electrons. The molecular weight excluding hydrogens is 366 g/mol. The second kappa shape index (κ2) is 7.78. The summed E-state index contributed by atoms with van der Waals surface area (Å²) >= 11 is 0. The van der Waals surface area contributed by atoms with Crippen molar-refractivity contribution in [2.75, 3.05) is 0 Å². The summed E-state index contributed by atoms with van der Waals surface area (Å²) in [5.74, 6) is -0.821. The third-order valence-electron chi connectivity index (χ3n) is 5.54. The Hall–Kier alpha value is -3.01. The van der Waals surface area contributed by atoms with Gasteiger partial charge in [0.1, 0.15) is 11.6 Å². The van der Waals surface area contributed by atoms with Gasteiger partial charge in [0.15, 0.2) is 0 Å². The van der Waals surface area contributed by atoms with Gasteiger partial charge in [-0.25, -0.2) is 8.78 Å². The van der Waals surface area contributed by atoms with Crippen molar-refractivity contribution in [3.05, 3.63) is 88.9 Å². The zero-order valence-electron chi connectivity index (χ0n) is 17.0. The zero-order valence-corrected chi connectivity index (χ0v) is 17.0. The predicted molar refractivity (Wildman–Crippen MR) is 114 cm³/mol. The normalized spacial score (nSPS) is 11.3. The van der Waals surface area contributed by atoms with E-state index in [4.69, 9.17) is 0 Å². The van der Waals surface area contributed by atoms with Crippen LogP contribution in [0.25, 0.3) is 22.0 Å². The Morgan fingerprint density at radius 3 is 2.59 bits per heavy atom. The molecule has 0 amide bonds. The van der Waals surface area contributed by atoms with E-state index < -0.39 is 11.6 Å². The van der Waals surface area contributed by atoms with E-state index in [0.717, 1.165) is 52.3 Å². The summed E-state index contributed by atoms with van der Waals surface area (Å²) in [5.41, 5.74) is 6.79. The fraction of sp³-hybridized carbons (Fsp3) is 0.240. The molecular formula is C25H24F2N2. The minimum Gasteiger partial charge on any atom is -0.340 e. The Balaban J connectivity index is 1.97. The van der Waals surface area contributed by atoms with Crippen LogP contribution < -0.4 is 0 Å². The maximum Gasteiger partial charge on any atom is 0.128 e. The number of halogens is 2. The topological polar surface area (TPSA) is 17.8 Å². The van der Waals surface area contributed by atoms with Crippen LogP contribution in [0.2, 0.25) is 0 Å². The van der Waals surface area contributed by atoms with Gasteiger partial charge in [-0.2, -0.15) is 0 Å². The fourth-order valence-corrected chi connectivity index (χ4v) is 4.10. The van der Waals surface area contributed by atoms with Crippen molar-refractivity contribution < 1.29 is 8.78 Å². The minimum atomic E-state index is -0.427. The van der Waals surface area contributed by atoms with E-state index in [9.17, 15) is 8.78 Å². The Morgan fingerprint density at radius 2 is 1.83 bits per heavy atom. The summed E-state index contributed by atoms with van der Waals surface area (Å²) in [6, 6.07) is 14.1. The van der Waals surface area contributed by atoms with Crippen molar-refractivity contribution in [1.82, 2.24) is 9.55 Å². The van der Waals surface area contributed by atoms with Crippen molar-refractivity contribution >= 4 is 10.9 Å². The number of fused-ring (bicyclic) bond motifs is 1. The monoisotopic (exact) mass is 390 g/mol. The van der Waals surface area contributed by atoms with Crippen LogP contribution in [0, 0.1) is 25.5 Å². The van der Waals surface area contributed by atoms with Crippen LogP contribution in [0.15, 0.2) is 54.7 Å². The van der Waals surface area contributed by atoms with Crippen molar-refractivity contribution in [2.45, 2.75) is 40.2 Å². The molecule has 4 aromatic rings. The van der Waals surface area contributed by atoms with Crippen LogP contribution in [-0.2, 0) is 13.0 Å². The summed E-state index contributed by atoms with van der Waals surface area (Å²) in [6.45, 7) is 6.48. The molecule has 2 aromatic heterocycles. The number of hydrogen-bond acceptors (Lipinski definition) is 1. The third-order valence-corrected chi connectivity index (χ3v) is 5.54. The molecule has 0 bridgehead atoms. The number of pyridine rings is 1. The minimum absolute atomic E-state index is 0.276. The molecule has 0 fully saturated rings. The summed E-state index contributed by atoms with van der Waals surface area (Å²) in [5, 5.41) is 1.13. The molecule has 0 unspecified atom stereocenters. The van der Waals surface area contributed by atoms with E-state index in [0.29, 0.717) is 5.56 Å². The Morgan fingerprint density at radius 1 is 1.00 bits per heavy atom. The van der Waals surface area contributed by atoms with Gasteiger partial charge in [0.05, 0.1) is 6.54 Å². The molecule has 2 nitrogen and oxygen atoms in total. The standard InChI is InChI=1S/C25H24F2N2/c1-4-6-18-8-11-24-22(13-18)25(21-7-5-12-28-16(21)2)17(3)29(24)15-19-14-20(26)9-10-23(19)27/h5,7-14H,4,6,15H2,1-3H3. The third kappa shape index (κ3) is 3.55. The number of benzene rings is 2. The molecule has 2 heterocycles. The molecule has 29 heavy (non-hydrogen) atoms. The molecule has 4 rings (SSSR count). The number of hydrogen-bond donors (Lipinski definition) is 0. The maximum atomic E-state index is 14.4. The van der Waals surface area contributed by atoms with Gasteiger partial charge < -0.3 is 4.57 Å². The number of nitrogens with zero attached hydrogens (tertiary/aromatic N) is 2. The van der Waals surface area contributed by atoms with Crippen LogP contribution in [0.5, 0.6) is 0 Å². The van der Waals surface area contributed by atoms with Crippen LogP contribution in [-0.4, -0.2) is 9.55 Å². The average Bonchev–Trinajstić information content (AvgIpc) is 2.96. The van der Waals surface area contributed by atoms with E-state index in [1.807, 2.05) is 19.9 Å². The summed E-state index contributed by atoms with van der Waals surface area (Å²) in [4.78, 5) is 4.46. The highest BCUT2D eigenvalue weighted by atomic mass is 19.1. The number of aryl methyl sites for hydroxylation is 2. The lowest BCUT2D eigenvalue weighted by molar-refractivity contribution is 0.578. The SMILES string of the molecule is CCCc1ccc2c(c1)c(-c1cccnc1C)c(C)n2Cc1cc(F)ccc1F. The van der Waals surface area contributed by atoms with Crippen molar-refractivity contribution in [3.8, 4) is 11.1 Å². The van der Waals surface area contributed by atoms with Crippen molar-refractivity contribution in [1.29, 1.82) is 0 Å². The van der Waals surface area contributed by atoms with Gasteiger partial charge in [-0.3, -0.25) is 4.98 Å². The lowest BCUT2D eigenvalue weighted by Gasteiger charge is -2.11. The first kappa shape index (κ1) is 19.3. The molecule has 2 aromatic carbocycles. The number of aromatic nitrogens is 2. The van der Waals surface area contributed by atoms with Gasteiger partial charge in [0.25, 0.3) is 0 Å². The molecule has 0 spiro atoms. The molecule has 0 saturated carbocycles. The van der Waals surface area contributed by atoms with E-state index in [-0.39, 0.29) is 6.54 Å². The van der Waals surface area contributed by atoms with Gasteiger partial charge in [-0.1, -0.05) is 25.5 Å². The Kier molecular flexibility index (Phi) is 5.18. The maximum absolute atomic E-state index is 14.4. The lowest BCUT2D eigenvalue weighted by Crippen LogP contribution is -2.04. The lowest BCUT2D eigenvalue weighted by atomic mass is 9.99. The van der Waals surface area contributed by atoms with Gasteiger partial charge in [0.2, 0.25) is 0 Å². The molecule has 0 aliphatic carbocycles. The quantitative estimate of drug-likeness (QED) is 0.375. The van der Waals surface area contributed by atoms with Gasteiger partial charge >= 0.3 is 0 Å². The van der Waals surface area contributed by atoms with Crippen LogP contribution >= 0.6 is 0 Å². The molecule has 4 heteroatoms. The van der Waals surface area contributed by atoms with Gasteiger partial charge in [-0.15, -0.1) is 0 Å². The van der Waals surface area contributed by atoms with E-state index in [1.165, 1.54) is 17.7 Å². The largest absolute Gasteiger partial charge is 0.340 e. The van der Waals surface area contributed by atoms with E-state index in [1.54, 1.807) is 6.20 Å². The second-order valence-electron chi connectivity index (χ2n) is 7.52. The highest BCUT2D eigenvalue weighted by Gasteiger charge is 2.19. The molecule has 0 aliphatic rings. The predicted octanol–water partition coefficient (Wildman–Crippen LogP) is 6.60. The van der Waals surface area contributed by atoms with Crippen LogP contribution in [0.3, 0.4) is 0 Å². The first-order valence-corrected chi connectivity index (χ1v) is 9.97. The molecule has 0 saturated heterocycles. The van der Waals surface area contributed by atoms with E-state index in [2.05, 4.69) is 40.7 Å². The van der Waals surface area contributed by atoms with Crippen molar-refractivity contribution in [3.63, 3.8) is 0 Å². The Labute approximate surface area is 169 Å². The first-order chi connectivity index (χ1) is 14.0. The van der Waals surface area contributed by atoms with Crippen molar-refractivity contribution in [2.24, 2.45) is 0 Å². The second-order valence-corrected chi connectivity index (χ2v) is 7.52. The summed E-state index contributed by atoms with van der Waals surface area (Å²) in [7, 11) is 0. The average molecular weight is 390 g/mol. The molecule has 0 N–H and O–H groups in total. The molecule has 0 radical (unpaired) electrons. The first-order valence-electron chi connectivity index (χ1n) is 9.97. The smallest absolute Gasteiger partial charge is 0.128 e. The summed E-state index contributed by atoms with van der Waals surface area (Å²) < 4.78 is 30.2. The zero-order chi connectivity index (χ0) is 20.5. The van der Waals surface area contributed by atoms with E-state index >= 15 is 0 Å². The Bertz CT molecular complexity index is 1190. The van der Waals surface area contributed by atoms with Gasteiger partial charge in [0, 0.05) is 45.2 Å². The highest BCUT2D eigenvalue weighted by molar-refractivity contribution is 5.99.